The van der Waals surface area contributed by atoms with Gasteiger partial charge >= 0.3 is 0 Å². The van der Waals surface area contributed by atoms with E-state index in [0.29, 0.717) is 0 Å². The van der Waals surface area contributed by atoms with Gasteiger partial charge in [0.05, 0.1) is 10.7 Å². The molecule has 0 unspecified atom stereocenters. The Labute approximate surface area is 95.2 Å². The Balaban J connectivity index is 2.11. The van der Waals surface area contributed by atoms with Crippen LogP contribution in [0.25, 0.3) is 0 Å². The molecule has 0 saturated heterocycles. The standard InChI is InChI=1S/C13H14ClN/c14-11-6-4-5-10-12(11)15-9-13(10)7-2-1-3-8-13/h4-6,9H,1-3,7-8H2. The number of rotatable bonds is 0. The highest BCUT2D eigenvalue weighted by Gasteiger charge is 2.37. The van der Waals surface area contributed by atoms with Crippen molar-refractivity contribution in [3.05, 3.63) is 28.8 Å². The van der Waals surface area contributed by atoms with Crippen molar-refractivity contribution in [2.24, 2.45) is 4.99 Å². The van der Waals surface area contributed by atoms with Crippen LogP contribution >= 0.6 is 11.6 Å². The van der Waals surface area contributed by atoms with Gasteiger partial charge in [-0.2, -0.15) is 0 Å². The molecule has 0 amide bonds. The van der Waals surface area contributed by atoms with Crippen LogP contribution in [0, 0.1) is 0 Å². The molecule has 2 heteroatoms. The van der Waals surface area contributed by atoms with Gasteiger partial charge in [-0.3, -0.25) is 4.99 Å². The van der Waals surface area contributed by atoms with Gasteiger partial charge in [-0.25, -0.2) is 0 Å². The largest absolute Gasteiger partial charge is 0.258 e. The van der Waals surface area contributed by atoms with Crippen molar-refractivity contribution in [1.29, 1.82) is 0 Å². The molecular formula is C13H14ClN. The second-order valence-electron chi connectivity index (χ2n) is 4.61. The molecule has 78 valence electrons. The third-order valence-electron chi connectivity index (χ3n) is 3.71. The third-order valence-corrected chi connectivity index (χ3v) is 4.01. The van der Waals surface area contributed by atoms with Gasteiger partial charge in [0, 0.05) is 11.6 Å². The SMILES string of the molecule is Clc1cccc2c1N=CC21CCCCC1. The van der Waals surface area contributed by atoms with E-state index < -0.39 is 0 Å². The first-order valence-electron chi connectivity index (χ1n) is 5.66. The molecule has 1 aromatic carbocycles. The minimum atomic E-state index is 0.221. The van der Waals surface area contributed by atoms with Gasteiger partial charge in [0.1, 0.15) is 0 Å². The molecule has 1 aliphatic carbocycles. The monoisotopic (exact) mass is 219 g/mol. The van der Waals surface area contributed by atoms with E-state index >= 15 is 0 Å². The summed E-state index contributed by atoms with van der Waals surface area (Å²) < 4.78 is 0. The van der Waals surface area contributed by atoms with Gasteiger partial charge in [-0.15, -0.1) is 0 Å². The second-order valence-corrected chi connectivity index (χ2v) is 5.02. The Kier molecular flexibility index (Phi) is 2.10. The van der Waals surface area contributed by atoms with Crippen molar-refractivity contribution < 1.29 is 0 Å². The molecule has 1 aromatic rings. The quantitative estimate of drug-likeness (QED) is 0.618. The summed E-state index contributed by atoms with van der Waals surface area (Å²) in [5.74, 6) is 0. The molecule has 1 spiro atoms. The van der Waals surface area contributed by atoms with Crippen LogP contribution in [0.1, 0.15) is 37.7 Å². The lowest BCUT2D eigenvalue weighted by atomic mass is 9.71. The zero-order chi connectivity index (χ0) is 10.3. The van der Waals surface area contributed by atoms with Crippen LogP contribution in [0.5, 0.6) is 0 Å². The summed E-state index contributed by atoms with van der Waals surface area (Å²) in [7, 11) is 0. The number of hydrogen-bond acceptors (Lipinski definition) is 1. The molecule has 0 atom stereocenters. The van der Waals surface area contributed by atoms with Crippen LogP contribution in [0.2, 0.25) is 5.02 Å². The third kappa shape index (κ3) is 1.33. The fourth-order valence-electron chi connectivity index (χ4n) is 2.89. The van der Waals surface area contributed by atoms with E-state index in [1.807, 2.05) is 12.1 Å². The van der Waals surface area contributed by atoms with E-state index in [1.54, 1.807) is 0 Å². The Morgan fingerprint density at radius 2 is 1.93 bits per heavy atom. The van der Waals surface area contributed by atoms with Crippen LogP contribution in [-0.4, -0.2) is 6.21 Å². The molecule has 3 rings (SSSR count). The molecular weight excluding hydrogens is 206 g/mol. The Hall–Kier alpha value is -0.820. The lowest BCUT2D eigenvalue weighted by molar-refractivity contribution is 0.391. The van der Waals surface area contributed by atoms with E-state index in [0.717, 1.165) is 10.7 Å². The average Bonchev–Trinajstić information content (AvgIpc) is 2.61. The zero-order valence-corrected chi connectivity index (χ0v) is 9.43. The molecule has 0 bridgehead atoms. The van der Waals surface area contributed by atoms with Crippen molar-refractivity contribution >= 4 is 23.5 Å². The van der Waals surface area contributed by atoms with Gasteiger partial charge in [0.25, 0.3) is 0 Å². The number of halogens is 1. The van der Waals surface area contributed by atoms with Gasteiger partial charge < -0.3 is 0 Å². The molecule has 2 aliphatic rings. The van der Waals surface area contributed by atoms with Crippen molar-refractivity contribution in [3.63, 3.8) is 0 Å². The van der Waals surface area contributed by atoms with E-state index in [2.05, 4.69) is 17.3 Å². The number of hydrogen-bond donors (Lipinski definition) is 0. The molecule has 1 aliphatic heterocycles. The van der Waals surface area contributed by atoms with Crippen molar-refractivity contribution in [2.45, 2.75) is 37.5 Å². The zero-order valence-electron chi connectivity index (χ0n) is 8.67. The van der Waals surface area contributed by atoms with Crippen molar-refractivity contribution in [2.75, 3.05) is 0 Å². The first kappa shape index (κ1) is 9.41. The topological polar surface area (TPSA) is 12.4 Å². The fourth-order valence-corrected chi connectivity index (χ4v) is 3.11. The summed E-state index contributed by atoms with van der Waals surface area (Å²) in [5, 5.41) is 0.797. The lowest BCUT2D eigenvalue weighted by Gasteiger charge is -2.31. The lowest BCUT2D eigenvalue weighted by Crippen LogP contribution is -2.28. The average molecular weight is 220 g/mol. The van der Waals surface area contributed by atoms with Crippen molar-refractivity contribution in [1.82, 2.24) is 0 Å². The van der Waals surface area contributed by atoms with Gasteiger partial charge in [0.15, 0.2) is 0 Å². The Bertz CT molecular complexity index is 417. The maximum absolute atomic E-state index is 6.16. The highest BCUT2D eigenvalue weighted by atomic mass is 35.5. The van der Waals surface area contributed by atoms with Crippen LogP contribution in [-0.2, 0) is 5.41 Å². The second kappa shape index (κ2) is 3.34. The highest BCUT2D eigenvalue weighted by molar-refractivity contribution is 6.33. The summed E-state index contributed by atoms with van der Waals surface area (Å²) in [6.45, 7) is 0. The van der Waals surface area contributed by atoms with Crippen LogP contribution < -0.4 is 0 Å². The molecule has 0 radical (unpaired) electrons. The first-order chi connectivity index (χ1) is 7.32. The van der Waals surface area contributed by atoms with Crippen LogP contribution in [0.15, 0.2) is 23.2 Å². The number of nitrogens with zero attached hydrogens (tertiary/aromatic N) is 1. The molecule has 15 heavy (non-hydrogen) atoms. The smallest absolute Gasteiger partial charge is 0.0853 e. The number of para-hydroxylation sites is 1. The highest BCUT2D eigenvalue weighted by Crippen LogP contribution is 2.48. The minimum Gasteiger partial charge on any atom is -0.258 e. The van der Waals surface area contributed by atoms with E-state index in [-0.39, 0.29) is 5.41 Å². The summed E-state index contributed by atoms with van der Waals surface area (Å²) in [6, 6.07) is 6.17. The molecule has 1 saturated carbocycles. The first-order valence-corrected chi connectivity index (χ1v) is 6.04. The maximum atomic E-state index is 6.16. The van der Waals surface area contributed by atoms with Gasteiger partial charge in [-0.1, -0.05) is 43.0 Å². The van der Waals surface area contributed by atoms with Gasteiger partial charge in [-0.05, 0) is 24.5 Å². The Morgan fingerprint density at radius 3 is 2.73 bits per heavy atom. The van der Waals surface area contributed by atoms with E-state index in [1.165, 1.54) is 37.7 Å². The number of benzene rings is 1. The van der Waals surface area contributed by atoms with Crippen LogP contribution in [0.3, 0.4) is 0 Å². The van der Waals surface area contributed by atoms with E-state index in [9.17, 15) is 0 Å². The Morgan fingerprint density at radius 1 is 1.13 bits per heavy atom. The van der Waals surface area contributed by atoms with Gasteiger partial charge in [0.2, 0.25) is 0 Å². The predicted molar refractivity (Wildman–Crippen MR) is 64.4 cm³/mol. The summed E-state index contributed by atoms with van der Waals surface area (Å²) >= 11 is 6.16. The number of fused-ring (bicyclic) bond motifs is 2. The molecule has 0 N–H and O–H groups in total. The van der Waals surface area contributed by atoms with Crippen molar-refractivity contribution in [3.8, 4) is 0 Å². The summed E-state index contributed by atoms with van der Waals surface area (Å²) in [4.78, 5) is 4.52. The van der Waals surface area contributed by atoms with E-state index in [4.69, 9.17) is 11.6 Å². The molecule has 0 aromatic heterocycles. The summed E-state index contributed by atoms with van der Waals surface area (Å²) in [6.07, 6.45) is 8.62. The fraction of sp³-hybridized carbons (Fsp3) is 0.462. The molecule has 1 nitrogen and oxygen atoms in total. The summed E-state index contributed by atoms with van der Waals surface area (Å²) in [5.41, 5.74) is 2.59. The normalized spacial score (nSPS) is 21.9. The van der Waals surface area contributed by atoms with Crippen LogP contribution in [0.4, 0.5) is 5.69 Å². The maximum Gasteiger partial charge on any atom is 0.0853 e. The minimum absolute atomic E-state index is 0.221. The number of aliphatic imine (C=N–C) groups is 1. The molecule has 1 heterocycles. The predicted octanol–water partition coefficient (Wildman–Crippen LogP) is 4.26. The molecule has 1 fully saturated rings.